The quantitative estimate of drug-likeness (QED) is 0.591. The van der Waals surface area contributed by atoms with Gasteiger partial charge in [-0.05, 0) is 53.1 Å². The first-order valence-corrected chi connectivity index (χ1v) is 10.5. The van der Waals surface area contributed by atoms with Crippen LogP contribution in [0.15, 0.2) is 54.6 Å². The average Bonchev–Trinajstić information content (AvgIpc) is 3.17. The first kappa shape index (κ1) is 20.5. The van der Waals surface area contributed by atoms with Crippen LogP contribution in [-0.4, -0.2) is 50.1 Å². The number of amides is 2. The van der Waals surface area contributed by atoms with Gasteiger partial charge in [0.25, 0.3) is 5.91 Å². The van der Waals surface area contributed by atoms with E-state index in [0.717, 1.165) is 11.3 Å². The molecule has 0 spiro atoms. The summed E-state index contributed by atoms with van der Waals surface area (Å²) in [5.74, 6) is 0.803. The number of nitrogens with zero attached hydrogens (tertiary/aromatic N) is 4. The van der Waals surface area contributed by atoms with Crippen LogP contribution in [0.5, 0.6) is 0 Å². The second kappa shape index (κ2) is 9.83. The van der Waals surface area contributed by atoms with Crippen molar-refractivity contribution in [2.45, 2.75) is 12.5 Å². The van der Waals surface area contributed by atoms with Crippen LogP contribution >= 0.6 is 11.8 Å². The van der Waals surface area contributed by atoms with E-state index in [0.29, 0.717) is 23.5 Å². The SMILES string of the molecule is CSCC[C@H](NC(=O)c1ccccc1)C(=O)Nc1cccc(-c2nnnn2C)c1. The van der Waals surface area contributed by atoms with Gasteiger partial charge >= 0.3 is 0 Å². The standard InChI is InChI=1S/C20H22N6O2S/c1-26-18(23-24-25-26)15-9-6-10-16(13-15)21-20(28)17(11-12-29-2)22-19(27)14-7-4-3-5-8-14/h3-10,13,17H,11-12H2,1-2H3,(H,21,28)(H,22,27)/t17-/m0/s1. The van der Waals surface area contributed by atoms with Crippen LogP contribution < -0.4 is 10.6 Å². The highest BCUT2D eigenvalue weighted by Crippen LogP contribution is 2.20. The molecule has 2 aromatic carbocycles. The lowest BCUT2D eigenvalue weighted by Gasteiger charge is -2.18. The molecule has 0 aliphatic heterocycles. The van der Waals surface area contributed by atoms with E-state index in [-0.39, 0.29) is 11.8 Å². The maximum absolute atomic E-state index is 12.9. The maximum Gasteiger partial charge on any atom is 0.251 e. The Morgan fingerprint density at radius 2 is 1.93 bits per heavy atom. The van der Waals surface area contributed by atoms with Gasteiger partial charge in [-0.15, -0.1) is 5.10 Å². The minimum atomic E-state index is -0.643. The lowest BCUT2D eigenvalue weighted by molar-refractivity contribution is -0.118. The molecule has 0 unspecified atom stereocenters. The Kier molecular flexibility index (Phi) is 6.96. The molecule has 1 heterocycles. The van der Waals surface area contributed by atoms with Gasteiger partial charge in [0.05, 0.1) is 0 Å². The predicted octanol–water partition coefficient (Wildman–Crippen LogP) is 2.37. The second-order valence-electron chi connectivity index (χ2n) is 6.37. The molecule has 0 bridgehead atoms. The molecule has 0 saturated heterocycles. The lowest BCUT2D eigenvalue weighted by Crippen LogP contribution is -2.44. The summed E-state index contributed by atoms with van der Waals surface area (Å²) in [5.41, 5.74) is 1.91. The third-order valence-corrected chi connectivity index (χ3v) is 4.92. The molecule has 2 N–H and O–H groups in total. The van der Waals surface area contributed by atoms with Gasteiger partial charge in [0.15, 0.2) is 5.82 Å². The van der Waals surface area contributed by atoms with Crippen LogP contribution in [0.25, 0.3) is 11.4 Å². The topological polar surface area (TPSA) is 102 Å². The number of aromatic nitrogens is 4. The number of aryl methyl sites for hydroxylation is 1. The van der Waals surface area contributed by atoms with Gasteiger partial charge in [0.1, 0.15) is 6.04 Å². The number of carbonyl (C=O) groups is 2. The molecule has 0 aliphatic carbocycles. The van der Waals surface area contributed by atoms with Gasteiger partial charge in [0, 0.05) is 23.9 Å². The van der Waals surface area contributed by atoms with E-state index in [2.05, 4.69) is 26.2 Å². The van der Waals surface area contributed by atoms with Crippen LogP contribution in [0.4, 0.5) is 5.69 Å². The zero-order valence-corrected chi connectivity index (χ0v) is 17.0. The van der Waals surface area contributed by atoms with Crippen LogP contribution in [0.1, 0.15) is 16.8 Å². The van der Waals surface area contributed by atoms with Gasteiger partial charge in [-0.2, -0.15) is 11.8 Å². The Hall–Kier alpha value is -3.20. The van der Waals surface area contributed by atoms with E-state index in [1.165, 1.54) is 0 Å². The molecule has 1 atom stereocenters. The summed E-state index contributed by atoms with van der Waals surface area (Å²) in [6.45, 7) is 0. The third-order valence-electron chi connectivity index (χ3n) is 4.28. The maximum atomic E-state index is 12.9. The Balaban J connectivity index is 1.73. The number of rotatable bonds is 8. The first-order chi connectivity index (χ1) is 14.1. The van der Waals surface area contributed by atoms with Crippen molar-refractivity contribution in [3.63, 3.8) is 0 Å². The van der Waals surface area contributed by atoms with Crippen molar-refractivity contribution in [3.05, 3.63) is 60.2 Å². The molecule has 9 heteroatoms. The molecular formula is C20H22N6O2S. The fourth-order valence-electron chi connectivity index (χ4n) is 2.78. The van der Waals surface area contributed by atoms with E-state index in [4.69, 9.17) is 0 Å². The summed E-state index contributed by atoms with van der Waals surface area (Å²) < 4.78 is 1.56. The largest absolute Gasteiger partial charge is 0.340 e. The van der Waals surface area contributed by atoms with Crippen LogP contribution in [0.3, 0.4) is 0 Å². The van der Waals surface area contributed by atoms with Crippen molar-refractivity contribution in [2.75, 3.05) is 17.3 Å². The monoisotopic (exact) mass is 410 g/mol. The molecule has 3 rings (SSSR count). The summed E-state index contributed by atoms with van der Waals surface area (Å²) in [6, 6.07) is 15.5. The molecule has 150 valence electrons. The fourth-order valence-corrected chi connectivity index (χ4v) is 3.25. The predicted molar refractivity (Wildman–Crippen MR) is 114 cm³/mol. The van der Waals surface area contributed by atoms with E-state index < -0.39 is 6.04 Å². The summed E-state index contributed by atoms with van der Waals surface area (Å²) in [4.78, 5) is 25.4. The number of anilines is 1. The fraction of sp³-hybridized carbons (Fsp3) is 0.250. The molecule has 1 aromatic heterocycles. The van der Waals surface area contributed by atoms with Gasteiger partial charge in [0.2, 0.25) is 5.91 Å². The molecule has 0 fully saturated rings. The molecule has 8 nitrogen and oxygen atoms in total. The molecule has 0 saturated carbocycles. The van der Waals surface area contributed by atoms with Crippen molar-refractivity contribution in [2.24, 2.45) is 7.05 Å². The Morgan fingerprint density at radius 1 is 1.14 bits per heavy atom. The van der Waals surface area contributed by atoms with Gasteiger partial charge in [-0.1, -0.05) is 30.3 Å². The van der Waals surface area contributed by atoms with E-state index >= 15 is 0 Å². The van der Waals surface area contributed by atoms with Crippen molar-refractivity contribution < 1.29 is 9.59 Å². The highest BCUT2D eigenvalue weighted by molar-refractivity contribution is 7.98. The number of thioether (sulfide) groups is 1. The van der Waals surface area contributed by atoms with Crippen LogP contribution in [0.2, 0.25) is 0 Å². The normalized spacial score (nSPS) is 11.7. The minimum Gasteiger partial charge on any atom is -0.340 e. The molecular weight excluding hydrogens is 388 g/mol. The average molecular weight is 411 g/mol. The molecule has 0 radical (unpaired) electrons. The lowest BCUT2D eigenvalue weighted by atomic mass is 10.1. The number of hydrogen-bond donors (Lipinski definition) is 2. The van der Waals surface area contributed by atoms with Crippen molar-refractivity contribution in [1.29, 1.82) is 0 Å². The number of nitrogens with one attached hydrogen (secondary N) is 2. The van der Waals surface area contributed by atoms with Gasteiger partial charge in [-0.3, -0.25) is 9.59 Å². The molecule has 2 amide bonds. The molecule has 3 aromatic rings. The summed E-state index contributed by atoms with van der Waals surface area (Å²) in [5, 5.41) is 17.2. The van der Waals surface area contributed by atoms with Crippen molar-refractivity contribution in [1.82, 2.24) is 25.5 Å². The van der Waals surface area contributed by atoms with Gasteiger partial charge in [-0.25, -0.2) is 4.68 Å². The summed E-state index contributed by atoms with van der Waals surface area (Å²) in [6.07, 6.45) is 2.49. The number of hydrogen-bond acceptors (Lipinski definition) is 6. The highest BCUT2D eigenvalue weighted by atomic mass is 32.2. The summed E-state index contributed by atoms with van der Waals surface area (Å²) in [7, 11) is 1.75. The van der Waals surface area contributed by atoms with Crippen molar-refractivity contribution >= 4 is 29.3 Å². The zero-order valence-electron chi connectivity index (χ0n) is 16.2. The Bertz CT molecular complexity index is 976. The number of carbonyl (C=O) groups excluding carboxylic acids is 2. The zero-order chi connectivity index (χ0) is 20.6. The van der Waals surface area contributed by atoms with E-state index in [1.807, 2.05) is 24.5 Å². The molecule has 0 aliphatic rings. The third kappa shape index (κ3) is 5.41. The first-order valence-electron chi connectivity index (χ1n) is 9.07. The van der Waals surface area contributed by atoms with Crippen LogP contribution in [-0.2, 0) is 11.8 Å². The smallest absolute Gasteiger partial charge is 0.251 e. The van der Waals surface area contributed by atoms with Crippen LogP contribution in [0, 0.1) is 0 Å². The number of tetrazole rings is 1. The highest BCUT2D eigenvalue weighted by Gasteiger charge is 2.21. The molecule has 29 heavy (non-hydrogen) atoms. The minimum absolute atomic E-state index is 0.267. The Morgan fingerprint density at radius 3 is 2.62 bits per heavy atom. The van der Waals surface area contributed by atoms with Crippen molar-refractivity contribution in [3.8, 4) is 11.4 Å². The Labute approximate surface area is 173 Å². The summed E-state index contributed by atoms with van der Waals surface area (Å²) >= 11 is 1.62. The van der Waals surface area contributed by atoms with E-state index in [9.17, 15) is 9.59 Å². The number of benzene rings is 2. The van der Waals surface area contributed by atoms with Gasteiger partial charge < -0.3 is 10.6 Å². The van der Waals surface area contributed by atoms with E-state index in [1.54, 1.807) is 59.9 Å². The second-order valence-corrected chi connectivity index (χ2v) is 7.36.